The number of hydrogen-bond donors (Lipinski definition) is 0. The summed E-state index contributed by atoms with van der Waals surface area (Å²) in [6.07, 6.45) is 4.09. The van der Waals surface area contributed by atoms with E-state index in [0.29, 0.717) is 35.5 Å². The van der Waals surface area contributed by atoms with E-state index in [9.17, 15) is 4.79 Å². The fraction of sp³-hybridized carbons (Fsp3) is 0.278. The summed E-state index contributed by atoms with van der Waals surface area (Å²) in [5, 5.41) is 0.644. The Morgan fingerprint density at radius 2 is 2.08 bits per heavy atom. The van der Waals surface area contributed by atoms with Gasteiger partial charge in [0.15, 0.2) is 0 Å². The van der Waals surface area contributed by atoms with Crippen molar-refractivity contribution in [2.24, 2.45) is 0 Å². The van der Waals surface area contributed by atoms with Crippen LogP contribution in [0.5, 0.6) is 0 Å². The predicted octanol–water partition coefficient (Wildman–Crippen LogP) is 3.98. The molecule has 0 N–H and O–H groups in total. The Labute approximate surface area is 150 Å². The van der Waals surface area contributed by atoms with Crippen molar-refractivity contribution in [3.8, 4) is 17.3 Å². The van der Waals surface area contributed by atoms with Gasteiger partial charge in [0.05, 0.1) is 13.0 Å². The van der Waals surface area contributed by atoms with Crippen LogP contribution in [0.25, 0.3) is 17.3 Å². The highest BCUT2D eigenvalue weighted by Gasteiger charge is 2.18. The third-order valence-electron chi connectivity index (χ3n) is 3.70. The third-order valence-corrected chi connectivity index (χ3v) is 3.95. The minimum absolute atomic E-state index is 0.228. The van der Waals surface area contributed by atoms with Crippen LogP contribution in [0.1, 0.15) is 24.9 Å². The van der Waals surface area contributed by atoms with Crippen LogP contribution < -0.4 is 0 Å². The first-order valence-electron chi connectivity index (χ1n) is 8.00. The van der Waals surface area contributed by atoms with E-state index in [1.54, 1.807) is 36.0 Å². The molecule has 0 radical (unpaired) electrons. The Kier molecular flexibility index (Phi) is 5.19. The first-order chi connectivity index (χ1) is 12.1. The van der Waals surface area contributed by atoms with E-state index in [-0.39, 0.29) is 12.4 Å². The monoisotopic (exact) mass is 359 g/mol. The zero-order valence-electron chi connectivity index (χ0n) is 14.0. The van der Waals surface area contributed by atoms with Gasteiger partial charge in [0.2, 0.25) is 0 Å². The summed E-state index contributed by atoms with van der Waals surface area (Å²) in [5.41, 5.74) is 1.56. The number of halogens is 1. The topological polar surface area (TPSA) is 70.2 Å². The summed E-state index contributed by atoms with van der Waals surface area (Å²) < 4.78 is 12.7. The number of oxazole rings is 1. The summed E-state index contributed by atoms with van der Waals surface area (Å²) in [7, 11) is 0. The quantitative estimate of drug-likeness (QED) is 0.622. The molecule has 0 fully saturated rings. The minimum atomic E-state index is -0.263. The molecule has 1 aromatic carbocycles. The van der Waals surface area contributed by atoms with Crippen molar-refractivity contribution in [3.05, 3.63) is 53.3 Å². The van der Waals surface area contributed by atoms with E-state index in [2.05, 4.69) is 9.97 Å². The Hall–Kier alpha value is -2.60. The van der Waals surface area contributed by atoms with Crippen LogP contribution in [0.4, 0.5) is 0 Å². The highest BCUT2D eigenvalue weighted by atomic mass is 35.5. The van der Waals surface area contributed by atoms with Crippen LogP contribution in [0.3, 0.4) is 0 Å². The molecule has 3 aromatic rings. The molecule has 0 saturated heterocycles. The van der Waals surface area contributed by atoms with Gasteiger partial charge in [-0.1, -0.05) is 23.7 Å². The second-order valence-electron chi connectivity index (χ2n) is 5.42. The fourth-order valence-corrected chi connectivity index (χ4v) is 2.60. The molecule has 3 rings (SSSR count). The lowest BCUT2D eigenvalue weighted by atomic mass is 10.1. The lowest BCUT2D eigenvalue weighted by Gasteiger charge is -2.02. The number of imidazole rings is 1. The maximum atomic E-state index is 11.7. The number of carbonyl (C=O) groups excluding carboxylic acids is 1. The van der Waals surface area contributed by atoms with Crippen molar-refractivity contribution in [2.45, 2.75) is 26.7 Å². The second-order valence-corrected chi connectivity index (χ2v) is 5.86. The molecule has 0 aliphatic carbocycles. The van der Waals surface area contributed by atoms with Crippen molar-refractivity contribution < 1.29 is 13.9 Å². The molecular weight excluding hydrogens is 342 g/mol. The van der Waals surface area contributed by atoms with Gasteiger partial charge in [0.25, 0.3) is 0 Å². The maximum absolute atomic E-state index is 11.7. The molecule has 0 saturated carbocycles. The number of aryl methyl sites for hydroxylation is 2. The molecule has 6 nitrogen and oxygen atoms in total. The summed E-state index contributed by atoms with van der Waals surface area (Å²) in [4.78, 5) is 20.5. The van der Waals surface area contributed by atoms with Crippen LogP contribution in [0, 0.1) is 6.92 Å². The maximum Gasteiger partial charge on any atom is 0.307 e. The zero-order valence-corrected chi connectivity index (χ0v) is 14.8. The van der Waals surface area contributed by atoms with Crippen molar-refractivity contribution in [1.29, 1.82) is 0 Å². The second kappa shape index (κ2) is 7.53. The molecule has 0 amide bonds. The molecule has 25 heavy (non-hydrogen) atoms. The van der Waals surface area contributed by atoms with Crippen LogP contribution in [0.15, 0.2) is 41.1 Å². The summed E-state index contributed by atoms with van der Waals surface area (Å²) in [6, 6.07) is 7.75. The average Bonchev–Trinajstić information content (AvgIpc) is 3.20. The number of aromatic nitrogens is 3. The predicted molar refractivity (Wildman–Crippen MR) is 93.8 cm³/mol. The summed E-state index contributed by atoms with van der Waals surface area (Å²) >= 11 is 5.97. The van der Waals surface area contributed by atoms with Gasteiger partial charge < -0.3 is 9.15 Å². The van der Waals surface area contributed by atoms with Crippen molar-refractivity contribution in [1.82, 2.24) is 14.5 Å². The van der Waals surface area contributed by atoms with Crippen LogP contribution in [0.2, 0.25) is 5.02 Å². The molecule has 0 spiro atoms. The molecule has 0 unspecified atom stereocenters. The Morgan fingerprint density at radius 3 is 2.72 bits per heavy atom. The lowest BCUT2D eigenvalue weighted by molar-refractivity contribution is -0.143. The molecule has 2 aromatic heterocycles. The van der Waals surface area contributed by atoms with E-state index in [1.165, 1.54) is 0 Å². The third kappa shape index (κ3) is 3.91. The van der Waals surface area contributed by atoms with Crippen LogP contribution in [-0.2, 0) is 16.0 Å². The van der Waals surface area contributed by atoms with Crippen LogP contribution in [-0.4, -0.2) is 27.1 Å². The smallest absolute Gasteiger partial charge is 0.307 e. The van der Waals surface area contributed by atoms with Gasteiger partial charge in [-0.2, -0.15) is 4.98 Å². The number of rotatable bonds is 6. The van der Waals surface area contributed by atoms with Gasteiger partial charge in [0, 0.05) is 29.4 Å². The van der Waals surface area contributed by atoms with Crippen molar-refractivity contribution in [3.63, 3.8) is 0 Å². The molecular formula is C18H18ClN3O3. The lowest BCUT2D eigenvalue weighted by Crippen LogP contribution is -2.05. The van der Waals surface area contributed by atoms with Gasteiger partial charge in [-0.15, -0.1) is 0 Å². The SMILES string of the molecule is CCOC(=O)CCc1oc(-n2ccnc2C)nc1-c1ccc(Cl)cc1. The molecule has 7 heteroatoms. The fourth-order valence-electron chi connectivity index (χ4n) is 2.47. The van der Waals surface area contributed by atoms with Crippen molar-refractivity contribution in [2.75, 3.05) is 6.61 Å². The normalized spacial score (nSPS) is 10.8. The number of carbonyl (C=O) groups is 1. The summed E-state index contributed by atoms with van der Waals surface area (Å²) in [6.45, 7) is 4.01. The van der Waals surface area contributed by atoms with Gasteiger partial charge >= 0.3 is 12.0 Å². The highest BCUT2D eigenvalue weighted by Crippen LogP contribution is 2.28. The van der Waals surface area contributed by atoms with E-state index in [4.69, 9.17) is 20.8 Å². The minimum Gasteiger partial charge on any atom is -0.466 e. The number of nitrogens with zero attached hydrogens (tertiary/aromatic N) is 3. The molecule has 0 atom stereocenters. The number of hydrogen-bond acceptors (Lipinski definition) is 5. The Morgan fingerprint density at radius 1 is 1.32 bits per heavy atom. The van der Waals surface area contributed by atoms with Gasteiger partial charge in [0.1, 0.15) is 17.3 Å². The van der Waals surface area contributed by atoms with E-state index < -0.39 is 0 Å². The first kappa shape index (κ1) is 17.2. The Bertz CT molecular complexity index is 868. The van der Waals surface area contributed by atoms with E-state index in [0.717, 1.165) is 11.4 Å². The van der Waals surface area contributed by atoms with E-state index >= 15 is 0 Å². The number of ether oxygens (including phenoxy) is 1. The molecule has 0 aliphatic heterocycles. The Balaban J connectivity index is 1.96. The number of esters is 1. The average molecular weight is 360 g/mol. The standard InChI is InChI=1S/C18H18ClN3O3/c1-3-24-16(23)9-8-15-17(13-4-6-14(19)7-5-13)21-18(25-15)22-11-10-20-12(22)2/h4-7,10-11H,3,8-9H2,1-2H3. The van der Waals surface area contributed by atoms with Gasteiger partial charge in [-0.3, -0.25) is 9.36 Å². The molecule has 0 aliphatic rings. The molecule has 130 valence electrons. The van der Waals surface area contributed by atoms with E-state index in [1.807, 2.05) is 19.1 Å². The summed E-state index contributed by atoms with van der Waals surface area (Å²) in [5.74, 6) is 1.13. The number of benzene rings is 1. The van der Waals surface area contributed by atoms with Crippen LogP contribution >= 0.6 is 11.6 Å². The van der Waals surface area contributed by atoms with Crippen molar-refractivity contribution >= 4 is 17.6 Å². The highest BCUT2D eigenvalue weighted by molar-refractivity contribution is 6.30. The molecule has 2 heterocycles. The largest absolute Gasteiger partial charge is 0.466 e. The first-order valence-corrected chi connectivity index (χ1v) is 8.38. The van der Waals surface area contributed by atoms with Gasteiger partial charge in [-0.05, 0) is 26.0 Å². The molecule has 0 bridgehead atoms. The zero-order chi connectivity index (χ0) is 17.8. The van der Waals surface area contributed by atoms with Gasteiger partial charge in [-0.25, -0.2) is 4.98 Å².